The molecule has 0 unspecified atom stereocenters. The fourth-order valence-electron chi connectivity index (χ4n) is 6.74. The van der Waals surface area contributed by atoms with Crippen LogP contribution in [0.4, 0.5) is 5.82 Å². The van der Waals surface area contributed by atoms with Crippen molar-refractivity contribution in [1.29, 1.82) is 0 Å². The Morgan fingerprint density at radius 2 is 1.66 bits per heavy atom. The van der Waals surface area contributed by atoms with Gasteiger partial charge in [0.2, 0.25) is 0 Å². The average molecular weight is 391 g/mol. The number of carbonyl (C=O) groups is 1. The summed E-state index contributed by atoms with van der Waals surface area (Å²) in [6, 6.07) is 10.6. The highest BCUT2D eigenvalue weighted by Crippen LogP contribution is 2.55. The summed E-state index contributed by atoms with van der Waals surface area (Å²) in [6.45, 7) is 0. The van der Waals surface area contributed by atoms with Gasteiger partial charge in [-0.15, -0.1) is 0 Å². The van der Waals surface area contributed by atoms with Crippen molar-refractivity contribution in [1.82, 2.24) is 15.1 Å². The second kappa shape index (κ2) is 6.61. The predicted octanol–water partition coefficient (Wildman–Crippen LogP) is 4.54. The van der Waals surface area contributed by atoms with Crippen LogP contribution >= 0.6 is 0 Å². The number of hydrogen-bond donors (Lipinski definition) is 2. The minimum Gasteiger partial charge on any atom is -0.367 e. The Labute approximate surface area is 172 Å². The molecule has 0 radical (unpaired) electrons. The van der Waals surface area contributed by atoms with Crippen LogP contribution in [0.25, 0.3) is 5.69 Å². The van der Waals surface area contributed by atoms with Crippen molar-refractivity contribution < 1.29 is 4.79 Å². The van der Waals surface area contributed by atoms with E-state index in [0.717, 1.165) is 42.1 Å². The van der Waals surface area contributed by atoms with Crippen molar-refractivity contribution in [3.05, 3.63) is 42.1 Å². The molecule has 7 rings (SSSR count). The molecule has 29 heavy (non-hydrogen) atoms. The summed E-state index contributed by atoms with van der Waals surface area (Å²) in [5, 5.41) is 11.8. The Morgan fingerprint density at radius 1 is 1.00 bits per heavy atom. The zero-order valence-electron chi connectivity index (χ0n) is 16.9. The molecule has 5 aliphatic rings. The van der Waals surface area contributed by atoms with E-state index in [1.165, 1.54) is 44.9 Å². The number of amides is 1. The highest BCUT2D eigenvalue weighted by molar-refractivity contribution is 5.99. The number of hydrogen-bond acceptors (Lipinski definition) is 3. The van der Waals surface area contributed by atoms with E-state index >= 15 is 0 Å². The van der Waals surface area contributed by atoms with Gasteiger partial charge in [0.25, 0.3) is 5.91 Å². The molecule has 5 aliphatic carbocycles. The second-order valence-corrected chi connectivity index (χ2v) is 10.1. The lowest BCUT2D eigenvalue weighted by atomic mass is 9.53. The maximum absolute atomic E-state index is 13.5. The Balaban J connectivity index is 1.30. The molecule has 152 valence electrons. The minimum absolute atomic E-state index is 0.0222. The first-order valence-electron chi connectivity index (χ1n) is 11.4. The van der Waals surface area contributed by atoms with Crippen LogP contribution in [0.5, 0.6) is 0 Å². The van der Waals surface area contributed by atoms with Crippen LogP contribution < -0.4 is 10.6 Å². The fourth-order valence-corrected chi connectivity index (χ4v) is 6.74. The van der Waals surface area contributed by atoms with Crippen LogP contribution in [-0.4, -0.2) is 27.3 Å². The molecule has 0 spiro atoms. The first-order valence-corrected chi connectivity index (χ1v) is 11.4. The van der Waals surface area contributed by atoms with E-state index in [4.69, 9.17) is 0 Å². The van der Waals surface area contributed by atoms with E-state index in [9.17, 15) is 4.79 Å². The van der Waals surface area contributed by atoms with Gasteiger partial charge < -0.3 is 10.6 Å². The lowest BCUT2D eigenvalue weighted by molar-refractivity contribution is -0.0166. The largest absolute Gasteiger partial charge is 0.367 e. The van der Waals surface area contributed by atoms with Crippen molar-refractivity contribution in [2.75, 3.05) is 5.32 Å². The zero-order chi connectivity index (χ0) is 19.4. The molecular formula is C24H30N4O. The first-order chi connectivity index (χ1) is 14.2. The normalized spacial score (nSPS) is 32.8. The van der Waals surface area contributed by atoms with E-state index in [2.05, 4.69) is 15.7 Å². The number of anilines is 1. The number of carbonyl (C=O) groups excluding carboxylic acids is 1. The minimum atomic E-state index is 0.0222. The summed E-state index contributed by atoms with van der Waals surface area (Å²) < 4.78 is 1.90. The van der Waals surface area contributed by atoms with Crippen molar-refractivity contribution in [2.45, 2.75) is 69.4 Å². The average Bonchev–Trinajstić information content (AvgIpc) is 3.08. The van der Waals surface area contributed by atoms with Crippen LogP contribution in [-0.2, 0) is 0 Å². The molecule has 2 N–H and O–H groups in total. The zero-order valence-corrected chi connectivity index (χ0v) is 16.9. The molecule has 5 nitrogen and oxygen atoms in total. The molecule has 5 heteroatoms. The summed E-state index contributed by atoms with van der Waals surface area (Å²) in [5.41, 5.74) is 1.70. The fraction of sp³-hybridized carbons (Fsp3) is 0.583. The maximum Gasteiger partial charge on any atom is 0.257 e. The highest BCUT2D eigenvalue weighted by atomic mass is 16.1. The van der Waals surface area contributed by atoms with E-state index in [0.29, 0.717) is 11.6 Å². The van der Waals surface area contributed by atoms with Gasteiger partial charge in [-0.1, -0.05) is 18.2 Å². The van der Waals surface area contributed by atoms with E-state index in [1.54, 1.807) is 6.20 Å². The lowest BCUT2D eigenvalue weighted by Gasteiger charge is -2.56. The van der Waals surface area contributed by atoms with Crippen LogP contribution in [0.15, 0.2) is 36.5 Å². The van der Waals surface area contributed by atoms with E-state index in [1.807, 2.05) is 35.0 Å². The van der Waals surface area contributed by atoms with Gasteiger partial charge in [0.1, 0.15) is 11.4 Å². The Hall–Kier alpha value is -2.30. The third kappa shape index (κ3) is 3.06. The Bertz CT molecular complexity index is 879. The molecule has 5 fully saturated rings. The molecule has 1 heterocycles. The molecule has 0 atom stereocenters. The van der Waals surface area contributed by atoms with E-state index < -0.39 is 0 Å². The predicted molar refractivity (Wildman–Crippen MR) is 113 cm³/mol. The summed E-state index contributed by atoms with van der Waals surface area (Å²) >= 11 is 0. The molecular weight excluding hydrogens is 360 g/mol. The number of benzene rings is 1. The molecule has 2 aromatic rings. The number of nitrogens with zero attached hydrogens (tertiary/aromatic N) is 2. The van der Waals surface area contributed by atoms with Gasteiger partial charge in [-0.3, -0.25) is 4.79 Å². The number of aromatic nitrogens is 2. The standard InChI is InChI=1S/C24H30N4O/c29-23(27-24-12-16-9-17(13-24)11-18(10-16)14-24)21-15-25-28(20-7-2-1-3-8-20)22(21)26-19-5-4-6-19/h1-3,7-8,15-19,26H,4-6,9-14H2,(H,27,29). The quantitative estimate of drug-likeness (QED) is 0.788. The molecule has 0 saturated heterocycles. The summed E-state index contributed by atoms with van der Waals surface area (Å²) in [6.07, 6.45) is 13.0. The van der Waals surface area contributed by atoms with Crippen LogP contribution in [0.3, 0.4) is 0 Å². The molecule has 0 aliphatic heterocycles. The summed E-state index contributed by atoms with van der Waals surface area (Å²) in [7, 11) is 0. The van der Waals surface area contributed by atoms with Crippen molar-refractivity contribution >= 4 is 11.7 Å². The van der Waals surface area contributed by atoms with Gasteiger partial charge in [0.15, 0.2) is 0 Å². The van der Waals surface area contributed by atoms with Crippen LogP contribution in [0.1, 0.15) is 68.1 Å². The topological polar surface area (TPSA) is 59.0 Å². The van der Waals surface area contributed by atoms with Gasteiger partial charge in [-0.25, -0.2) is 4.68 Å². The highest BCUT2D eigenvalue weighted by Gasteiger charge is 2.51. The molecule has 1 aromatic heterocycles. The molecule has 1 aromatic carbocycles. The van der Waals surface area contributed by atoms with Crippen molar-refractivity contribution in [3.8, 4) is 5.69 Å². The van der Waals surface area contributed by atoms with Gasteiger partial charge in [-0.05, 0) is 87.7 Å². The van der Waals surface area contributed by atoms with Crippen LogP contribution in [0, 0.1) is 17.8 Å². The number of rotatable bonds is 5. The summed E-state index contributed by atoms with van der Waals surface area (Å²) in [5.74, 6) is 3.36. The van der Waals surface area contributed by atoms with E-state index in [-0.39, 0.29) is 11.4 Å². The number of para-hydroxylation sites is 1. The third-order valence-electron chi connectivity index (χ3n) is 7.88. The van der Waals surface area contributed by atoms with Crippen molar-refractivity contribution in [2.24, 2.45) is 17.8 Å². The third-order valence-corrected chi connectivity index (χ3v) is 7.88. The summed E-state index contributed by atoms with van der Waals surface area (Å²) in [4.78, 5) is 13.5. The smallest absolute Gasteiger partial charge is 0.257 e. The molecule has 5 saturated carbocycles. The number of nitrogens with one attached hydrogen (secondary N) is 2. The van der Waals surface area contributed by atoms with Crippen molar-refractivity contribution in [3.63, 3.8) is 0 Å². The van der Waals surface area contributed by atoms with Gasteiger partial charge in [-0.2, -0.15) is 5.10 Å². The van der Waals surface area contributed by atoms with Crippen LogP contribution in [0.2, 0.25) is 0 Å². The molecule has 4 bridgehead atoms. The SMILES string of the molecule is O=C(NC12CC3CC(CC(C3)C1)C2)c1cnn(-c2ccccc2)c1NC1CCC1. The van der Waals surface area contributed by atoms with Gasteiger partial charge in [0.05, 0.1) is 11.9 Å². The first kappa shape index (κ1) is 17.5. The Kier molecular flexibility index (Phi) is 4.00. The molecule has 1 amide bonds. The van der Waals surface area contributed by atoms with Gasteiger partial charge >= 0.3 is 0 Å². The second-order valence-electron chi connectivity index (χ2n) is 10.1. The monoisotopic (exact) mass is 390 g/mol. The Morgan fingerprint density at radius 3 is 2.24 bits per heavy atom. The lowest BCUT2D eigenvalue weighted by Crippen LogP contribution is -2.59. The maximum atomic E-state index is 13.5. The van der Waals surface area contributed by atoms with Gasteiger partial charge in [0, 0.05) is 11.6 Å².